The lowest BCUT2D eigenvalue weighted by Gasteiger charge is -2.12. The molecule has 1 N–H and O–H groups in total. The number of Topliss-reactive ketones (excluding diaryl/α,β-unsaturated/α-hetero) is 1. The van der Waals surface area contributed by atoms with Gasteiger partial charge in [0.15, 0.2) is 29.1 Å². The van der Waals surface area contributed by atoms with Gasteiger partial charge in [-0.1, -0.05) is 0 Å². The van der Waals surface area contributed by atoms with E-state index in [0.29, 0.717) is 39.2 Å². The second kappa shape index (κ2) is 14.6. The Hall–Kier alpha value is -5.34. The molecule has 0 aliphatic heterocycles. The van der Waals surface area contributed by atoms with Gasteiger partial charge in [0.05, 0.1) is 50.9 Å². The first kappa shape index (κ1) is 34.5. The minimum atomic E-state index is -1.07. The maximum atomic E-state index is 13.5. The molecule has 0 radical (unpaired) electrons. The number of H-pyrrole nitrogens is 1. The molecule has 0 fully saturated rings. The number of nitrogens with one attached hydrogen (secondary N) is 1. The van der Waals surface area contributed by atoms with Crippen LogP contribution >= 0.6 is 31.9 Å². The first-order chi connectivity index (χ1) is 24.0. The Kier molecular flexibility index (Phi) is 10.1. The predicted octanol–water partition coefficient (Wildman–Crippen LogP) is 9.18. The summed E-state index contributed by atoms with van der Waals surface area (Å²) in [5.41, 5.74) is 5.94. The number of halogens is 6. The molecule has 0 saturated heterocycles. The van der Waals surface area contributed by atoms with Crippen LogP contribution in [0, 0.1) is 23.3 Å². The van der Waals surface area contributed by atoms with Crippen LogP contribution in [0.4, 0.5) is 17.6 Å². The van der Waals surface area contributed by atoms with Crippen LogP contribution in [0.15, 0.2) is 107 Å². The Morgan fingerprint density at radius 2 is 1.32 bits per heavy atom. The zero-order valence-electron chi connectivity index (χ0n) is 26.1. The van der Waals surface area contributed by atoms with Crippen molar-refractivity contribution < 1.29 is 22.4 Å². The number of hydrogen-bond acceptors (Lipinski definition) is 7. The average Bonchev–Trinajstić information content (AvgIpc) is 3.59. The van der Waals surface area contributed by atoms with Gasteiger partial charge in [-0.2, -0.15) is 5.10 Å². The lowest BCUT2D eigenvalue weighted by molar-refractivity contribution is 0.105. The number of allylic oxidation sites excluding steroid dienone is 1. The number of carbonyl (C=O) groups is 1. The van der Waals surface area contributed by atoms with E-state index in [1.807, 2.05) is 18.2 Å². The van der Waals surface area contributed by atoms with Crippen molar-refractivity contribution in [3.8, 4) is 22.5 Å². The number of nitrogens with zero attached hydrogens (tertiary/aromatic N) is 6. The minimum absolute atomic E-state index is 0.0475. The quantitative estimate of drug-likeness (QED) is 0.102. The molecule has 0 saturated carbocycles. The summed E-state index contributed by atoms with van der Waals surface area (Å²) < 4.78 is 55.0. The molecule has 0 spiro atoms. The minimum Gasteiger partial charge on any atom is -0.383 e. The summed E-state index contributed by atoms with van der Waals surface area (Å²) in [6.07, 6.45) is 6.57. The number of hydrogen-bond donors (Lipinski definition) is 1. The van der Waals surface area contributed by atoms with Crippen LogP contribution in [-0.2, 0) is 0 Å². The topological polar surface area (TPSA) is 101 Å². The van der Waals surface area contributed by atoms with Crippen molar-refractivity contribution >= 4 is 65.3 Å². The van der Waals surface area contributed by atoms with Crippen LogP contribution in [0.25, 0.3) is 50.2 Å². The molecule has 5 aromatic heterocycles. The molecule has 8 nitrogen and oxygen atoms in total. The summed E-state index contributed by atoms with van der Waals surface area (Å²) in [4.78, 5) is 32.2. The fourth-order valence-electron chi connectivity index (χ4n) is 4.91. The molecule has 7 aromatic rings. The van der Waals surface area contributed by atoms with E-state index in [1.165, 1.54) is 12.1 Å². The Morgan fingerprint density at radius 3 is 1.96 bits per heavy atom. The monoisotopic (exact) mass is 803 g/mol. The van der Waals surface area contributed by atoms with Gasteiger partial charge >= 0.3 is 0 Å². The standard InChI is InChI=1S/C19H14BrF2N3O.C17H9BrF2N4/c1-25(2)10-13(19(26)11-3-4-14(21)15(22)7-11)16-5-6-17-18(24-16)8-12(20)9-23-17;18-10-6-16-15(21-7-10)4-3-14(23-16)11-8-22-24-17(11)9-1-2-12(19)13(20)5-9/h3-10H,1-2H3;1-8H,(H,22,24)/b13-10-;. The molecule has 0 atom stereocenters. The van der Waals surface area contributed by atoms with Crippen molar-refractivity contribution in [3.63, 3.8) is 0 Å². The Bertz CT molecular complexity index is 2430. The largest absolute Gasteiger partial charge is 0.383 e. The third-order valence-electron chi connectivity index (χ3n) is 7.22. The van der Waals surface area contributed by atoms with Crippen LogP contribution in [-0.4, -0.2) is 54.9 Å². The highest BCUT2D eigenvalue weighted by molar-refractivity contribution is 9.10. The second-order valence-corrected chi connectivity index (χ2v) is 12.9. The van der Waals surface area contributed by atoms with Gasteiger partial charge < -0.3 is 4.90 Å². The van der Waals surface area contributed by atoms with Gasteiger partial charge in [-0.15, -0.1) is 0 Å². The maximum absolute atomic E-state index is 13.5. The molecule has 5 heterocycles. The van der Waals surface area contributed by atoms with Gasteiger partial charge in [0.2, 0.25) is 0 Å². The molecule has 0 unspecified atom stereocenters. The lowest BCUT2D eigenvalue weighted by Crippen LogP contribution is -2.11. The molecule has 7 rings (SSSR count). The van der Waals surface area contributed by atoms with E-state index < -0.39 is 29.1 Å². The van der Waals surface area contributed by atoms with Crippen molar-refractivity contribution in [2.24, 2.45) is 0 Å². The fourth-order valence-corrected chi connectivity index (χ4v) is 5.55. The predicted molar refractivity (Wildman–Crippen MR) is 190 cm³/mol. The van der Waals surface area contributed by atoms with E-state index in [1.54, 1.807) is 62.0 Å². The lowest BCUT2D eigenvalue weighted by atomic mass is 10.0. The van der Waals surface area contributed by atoms with Crippen molar-refractivity contribution in [3.05, 3.63) is 141 Å². The zero-order chi connectivity index (χ0) is 35.5. The van der Waals surface area contributed by atoms with Crippen LogP contribution in [0.3, 0.4) is 0 Å². The third-order valence-corrected chi connectivity index (χ3v) is 8.09. The number of ketones is 1. The summed E-state index contributed by atoms with van der Waals surface area (Å²) in [6.45, 7) is 0. The first-order valence-corrected chi connectivity index (χ1v) is 16.3. The number of fused-ring (bicyclic) bond motifs is 2. The van der Waals surface area contributed by atoms with E-state index in [4.69, 9.17) is 0 Å². The van der Waals surface area contributed by atoms with Crippen molar-refractivity contribution in [2.45, 2.75) is 0 Å². The zero-order valence-corrected chi connectivity index (χ0v) is 29.3. The summed E-state index contributed by atoms with van der Waals surface area (Å²) in [5, 5.41) is 6.84. The summed E-state index contributed by atoms with van der Waals surface area (Å²) in [5.74, 6) is -4.32. The summed E-state index contributed by atoms with van der Waals surface area (Å²) >= 11 is 6.72. The van der Waals surface area contributed by atoms with E-state index in [-0.39, 0.29) is 11.1 Å². The van der Waals surface area contributed by atoms with Crippen LogP contribution in [0.1, 0.15) is 16.1 Å². The SMILES string of the molecule is CN(C)/C=C(\C(=O)c1ccc(F)c(F)c1)c1ccc2ncc(Br)cc2n1.Fc1ccc(-c2[nH]ncc2-c2ccc3ncc(Br)cc3n2)cc1F. The Balaban J connectivity index is 0.000000173. The van der Waals surface area contributed by atoms with Gasteiger partial charge in [-0.05, 0) is 105 Å². The molecule has 0 amide bonds. The Labute approximate surface area is 299 Å². The third kappa shape index (κ3) is 7.61. The normalized spacial score (nSPS) is 11.4. The van der Waals surface area contributed by atoms with Gasteiger partial charge in [0, 0.05) is 58.3 Å². The molecule has 50 heavy (non-hydrogen) atoms. The number of benzene rings is 2. The van der Waals surface area contributed by atoms with Crippen molar-refractivity contribution in [1.82, 2.24) is 35.0 Å². The first-order valence-electron chi connectivity index (χ1n) is 14.7. The second-order valence-electron chi connectivity index (χ2n) is 11.0. The molecule has 14 heteroatoms. The number of carbonyl (C=O) groups excluding carboxylic acids is 1. The van der Waals surface area contributed by atoms with Gasteiger partial charge in [0.1, 0.15) is 0 Å². The molecular weight excluding hydrogens is 782 g/mol. The van der Waals surface area contributed by atoms with E-state index in [9.17, 15) is 22.4 Å². The van der Waals surface area contributed by atoms with E-state index in [2.05, 4.69) is 62.0 Å². The smallest absolute Gasteiger partial charge is 0.196 e. The molecule has 0 bridgehead atoms. The van der Waals surface area contributed by atoms with Crippen LogP contribution < -0.4 is 0 Å². The Morgan fingerprint density at radius 1 is 0.700 bits per heavy atom. The number of pyridine rings is 4. The highest BCUT2D eigenvalue weighted by atomic mass is 79.9. The number of rotatable bonds is 6. The number of aromatic nitrogens is 6. The molecular formula is C36H23Br2F4N7O. The highest BCUT2D eigenvalue weighted by Gasteiger charge is 2.19. The van der Waals surface area contributed by atoms with Crippen LogP contribution in [0.2, 0.25) is 0 Å². The van der Waals surface area contributed by atoms with Gasteiger partial charge in [-0.3, -0.25) is 19.9 Å². The van der Waals surface area contributed by atoms with Crippen LogP contribution in [0.5, 0.6) is 0 Å². The van der Waals surface area contributed by atoms with Gasteiger partial charge in [0.25, 0.3) is 0 Å². The van der Waals surface area contributed by atoms with Crippen molar-refractivity contribution in [1.29, 1.82) is 0 Å². The summed E-state index contributed by atoms with van der Waals surface area (Å²) in [6, 6.07) is 17.6. The van der Waals surface area contributed by atoms with E-state index >= 15 is 0 Å². The molecule has 0 aliphatic carbocycles. The summed E-state index contributed by atoms with van der Waals surface area (Å²) in [7, 11) is 3.52. The fraction of sp³-hybridized carbons (Fsp3) is 0.0556. The number of aromatic amines is 1. The highest BCUT2D eigenvalue weighted by Crippen LogP contribution is 2.31. The van der Waals surface area contributed by atoms with Gasteiger partial charge in [-0.25, -0.2) is 27.5 Å². The maximum Gasteiger partial charge on any atom is 0.196 e. The van der Waals surface area contributed by atoms with Crippen molar-refractivity contribution in [2.75, 3.05) is 14.1 Å². The molecule has 2 aromatic carbocycles. The molecule has 0 aliphatic rings. The average molecular weight is 805 g/mol. The molecule has 250 valence electrons. The van der Waals surface area contributed by atoms with E-state index in [0.717, 1.165) is 44.2 Å².